The number of fused-ring (bicyclic) bond motifs is 6. The van der Waals surface area contributed by atoms with Crippen LogP contribution in [0, 0.1) is 6.92 Å². The summed E-state index contributed by atoms with van der Waals surface area (Å²) in [5.41, 5.74) is 8.80. The Kier molecular flexibility index (Phi) is 4.73. The monoisotopic (exact) mass is 420 g/mol. The minimum atomic E-state index is 0.403. The van der Waals surface area contributed by atoms with E-state index >= 15 is 0 Å². The second-order valence-corrected chi connectivity index (χ2v) is 9.92. The van der Waals surface area contributed by atoms with E-state index < -0.39 is 0 Å². The van der Waals surface area contributed by atoms with E-state index in [0.29, 0.717) is 23.9 Å². The summed E-state index contributed by atoms with van der Waals surface area (Å²) in [5.74, 6) is 0.928. The van der Waals surface area contributed by atoms with Gasteiger partial charge in [-0.25, -0.2) is 0 Å². The van der Waals surface area contributed by atoms with Crippen LogP contribution in [0.1, 0.15) is 65.1 Å². The van der Waals surface area contributed by atoms with Crippen molar-refractivity contribution in [2.75, 3.05) is 7.05 Å². The summed E-state index contributed by atoms with van der Waals surface area (Å²) in [5, 5.41) is 1.47. The van der Waals surface area contributed by atoms with Crippen LogP contribution in [0.5, 0.6) is 0 Å². The van der Waals surface area contributed by atoms with Gasteiger partial charge in [0, 0.05) is 47.6 Å². The standard InChI is InChI=1S/C30H32N2/c1-20-14-15-26-24(18-20)29-28-17-16-27(31(28)2)25(30(29)32(26)3)19-23(21-10-6-4-7-11-21)22-12-8-5-9-13-22/h4-15,18,23,25,27-28H,16-17,19H2,1-3H3. The fraction of sp³-hybridized carbons (Fsp3) is 0.333. The molecule has 1 fully saturated rings. The molecule has 0 spiro atoms. The number of hydrogen-bond donors (Lipinski definition) is 0. The SMILES string of the molecule is Cc1ccc2c(c1)c1c(n2C)C(CC(c2ccccc2)c2ccccc2)C2CCC1N2C. The number of nitrogens with zero attached hydrogens (tertiary/aromatic N) is 2. The number of rotatable bonds is 4. The number of aromatic nitrogens is 1. The zero-order chi connectivity index (χ0) is 21.8. The molecule has 0 aliphatic carbocycles. The molecule has 162 valence electrons. The predicted molar refractivity (Wildman–Crippen MR) is 133 cm³/mol. The summed E-state index contributed by atoms with van der Waals surface area (Å²) in [4.78, 5) is 2.70. The Morgan fingerprint density at radius 3 is 2.16 bits per heavy atom. The Balaban J connectivity index is 1.52. The molecule has 2 aliphatic rings. The Morgan fingerprint density at radius 1 is 0.844 bits per heavy atom. The van der Waals surface area contributed by atoms with Crippen LogP contribution >= 0.6 is 0 Å². The molecule has 2 nitrogen and oxygen atoms in total. The van der Waals surface area contributed by atoms with E-state index in [-0.39, 0.29) is 0 Å². The minimum Gasteiger partial charge on any atom is -0.347 e. The van der Waals surface area contributed by atoms with Crippen molar-refractivity contribution in [1.29, 1.82) is 0 Å². The molecule has 0 saturated carbocycles. The average molecular weight is 421 g/mol. The molecule has 3 atom stereocenters. The molecule has 6 rings (SSSR count). The molecule has 2 heteroatoms. The van der Waals surface area contributed by atoms with Crippen molar-refractivity contribution < 1.29 is 0 Å². The van der Waals surface area contributed by atoms with Gasteiger partial charge in [0.05, 0.1) is 0 Å². The van der Waals surface area contributed by atoms with Gasteiger partial charge in [0.15, 0.2) is 0 Å². The first-order valence-electron chi connectivity index (χ1n) is 12.0. The van der Waals surface area contributed by atoms with Gasteiger partial charge in [0.1, 0.15) is 0 Å². The molecule has 1 aromatic heterocycles. The van der Waals surface area contributed by atoms with Gasteiger partial charge in [-0.1, -0.05) is 72.3 Å². The summed E-state index contributed by atoms with van der Waals surface area (Å²) in [6.07, 6.45) is 3.72. The summed E-state index contributed by atoms with van der Waals surface area (Å²) >= 11 is 0. The number of aryl methyl sites for hydroxylation is 2. The van der Waals surface area contributed by atoms with Crippen molar-refractivity contribution in [2.45, 2.75) is 50.1 Å². The molecular weight excluding hydrogens is 388 g/mol. The smallest absolute Gasteiger partial charge is 0.0483 e. The van der Waals surface area contributed by atoms with Gasteiger partial charge < -0.3 is 4.57 Å². The molecule has 0 N–H and O–H groups in total. The van der Waals surface area contributed by atoms with Crippen molar-refractivity contribution in [1.82, 2.24) is 9.47 Å². The van der Waals surface area contributed by atoms with E-state index in [1.807, 2.05) is 0 Å². The Labute approximate surface area is 191 Å². The second kappa shape index (κ2) is 7.64. The second-order valence-electron chi connectivity index (χ2n) is 9.92. The third-order valence-corrected chi connectivity index (χ3v) is 8.23. The van der Waals surface area contributed by atoms with Crippen LogP contribution in [0.25, 0.3) is 10.9 Å². The minimum absolute atomic E-state index is 0.403. The van der Waals surface area contributed by atoms with E-state index in [2.05, 4.69) is 109 Å². The summed E-state index contributed by atoms with van der Waals surface area (Å²) in [6, 6.07) is 30.5. The predicted octanol–water partition coefficient (Wildman–Crippen LogP) is 6.94. The number of benzene rings is 3. The van der Waals surface area contributed by atoms with E-state index in [1.165, 1.54) is 40.4 Å². The molecule has 4 aromatic rings. The first-order chi connectivity index (χ1) is 15.6. The van der Waals surface area contributed by atoms with Gasteiger partial charge in [-0.2, -0.15) is 0 Å². The molecule has 2 bridgehead atoms. The van der Waals surface area contributed by atoms with Crippen LogP contribution in [-0.2, 0) is 7.05 Å². The third kappa shape index (κ3) is 2.97. The van der Waals surface area contributed by atoms with Gasteiger partial charge in [-0.3, -0.25) is 4.90 Å². The lowest BCUT2D eigenvalue weighted by atomic mass is 9.77. The number of likely N-dealkylation sites (N-methyl/N-ethyl adjacent to an activating group) is 1. The highest BCUT2D eigenvalue weighted by Gasteiger charge is 2.47. The quantitative estimate of drug-likeness (QED) is 0.347. The highest BCUT2D eigenvalue weighted by atomic mass is 15.2. The largest absolute Gasteiger partial charge is 0.347 e. The highest BCUT2D eigenvalue weighted by Crippen LogP contribution is 2.54. The number of hydrogen-bond acceptors (Lipinski definition) is 1. The van der Waals surface area contributed by atoms with Crippen molar-refractivity contribution in [3.8, 4) is 0 Å². The maximum Gasteiger partial charge on any atom is 0.0483 e. The van der Waals surface area contributed by atoms with Crippen LogP contribution in [-0.4, -0.2) is 22.6 Å². The normalized spacial score (nSPS) is 22.6. The molecule has 0 radical (unpaired) electrons. The van der Waals surface area contributed by atoms with Crippen LogP contribution in [0.15, 0.2) is 78.9 Å². The summed E-state index contributed by atoms with van der Waals surface area (Å²) in [7, 11) is 4.67. The molecule has 32 heavy (non-hydrogen) atoms. The third-order valence-electron chi connectivity index (χ3n) is 8.23. The van der Waals surface area contributed by atoms with Crippen LogP contribution < -0.4 is 0 Å². The zero-order valence-electron chi connectivity index (χ0n) is 19.3. The van der Waals surface area contributed by atoms with Crippen LogP contribution in [0.4, 0.5) is 0 Å². The Morgan fingerprint density at radius 2 is 1.50 bits per heavy atom. The topological polar surface area (TPSA) is 8.17 Å². The maximum atomic E-state index is 2.70. The van der Waals surface area contributed by atoms with E-state index in [9.17, 15) is 0 Å². The molecule has 1 saturated heterocycles. The summed E-state index contributed by atoms with van der Waals surface area (Å²) in [6.45, 7) is 2.22. The first kappa shape index (κ1) is 19.8. The summed E-state index contributed by atoms with van der Waals surface area (Å²) < 4.78 is 2.53. The Hall–Kier alpha value is -2.84. The lowest BCUT2D eigenvalue weighted by molar-refractivity contribution is 0.184. The zero-order valence-corrected chi connectivity index (χ0v) is 19.3. The van der Waals surface area contributed by atoms with Crippen LogP contribution in [0.3, 0.4) is 0 Å². The van der Waals surface area contributed by atoms with Crippen molar-refractivity contribution in [3.63, 3.8) is 0 Å². The van der Waals surface area contributed by atoms with E-state index in [0.717, 1.165) is 6.42 Å². The molecule has 3 unspecified atom stereocenters. The maximum absolute atomic E-state index is 2.70. The first-order valence-corrected chi connectivity index (χ1v) is 12.0. The fourth-order valence-corrected chi connectivity index (χ4v) is 6.75. The molecule has 3 heterocycles. The van der Waals surface area contributed by atoms with Crippen molar-refractivity contribution in [2.24, 2.45) is 7.05 Å². The van der Waals surface area contributed by atoms with Crippen molar-refractivity contribution >= 4 is 10.9 Å². The van der Waals surface area contributed by atoms with Gasteiger partial charge in [0.25, 0.3) is 0 Å². The fourth-order valence-electron chi connectivity index (χ4n) is 6.75. The van der Waals surface area contributed by atoms with Gasteiger partial charge >= 0.3 is 0 Å². The van der Waals surface area contributed by atoms with Gasteiger partial charge in [-0.05, 0) is 62.1 Å². The molecule has 0 amide bonds. The van der Waals surface area contributed by atoms with E-state index in [4.69, 9.17) is 0 Å². The van der Waals surface area contributed by atoms with Crippen molar-refractivity contribution in [3.05, 3.63) is 107 Å². The molecule has 2 aliphatic heterocycles. The Bertz CT molecular complexity index is 1210. The average Bonchev–Trinajstić information content (AvgIpc) is 3.26. The highest BCUT2D eigenvalue weighted by molar-refractivity contribution is 5.87. The van der Waals surface area contributed by atoms with Gasteiger partial charge in [-0.15, -0.1) is 0 Å². The lowest BCUT2D eigenvalue weighted by Gasteiger charge is -2.40. The lowest BCUT2D eigenvalue weighted by Crippen LogP contribution is -2.39. The van der Waals surface area contributed by atoms with E-state index in [1.54, 1.807) is 11.3 Å². The van der Waals surface area contributed by atoms with Gasteiger partial charge in [0.2, 0.25) is 0 Å². The molecular formula is C30H32N2. The molecule has 3 aromatic carbocycles. The van der Waals surface area contributed by atoms with Crippen LogP contribution in [0.2, 0.25) is 0 Å².